The highest BCUT2D eigenvalue weighted by molar-refractivity contribution is 5.88. The molecule has 0 aliphatic heterocycles. The molecule has 0 atom stereocenters. The van der Waals surface area contributed by atoms with E-state index in [1.165, 1.54) is 16.6 Å². The van der Waals surface area contributed by atoms with Gasteiger partial charge in [0.1, 0.15) is 5.69 Å². The molecule has 6 nitrogen and oxygen atoms in total. The molecule has 0 radical (unpaired) electrons. The summed E-state index contributed by atoms with van der Waals surface area (Å²) in [6.07, 6.45) is 3.22. The predicted octanol–water partition coefficient (Wildman–Crippen LogP) is 1.49. The van der Waals surface area contributed by atoms with Crippen LogP contribution in [0.15, 0.2) is 42.7 Å². The first kappa shape index (κ1) is 10.4. The summed E-state index contributed by atoms with van der Waals surface area (Å²) in [4.78, 5) is 19.3. The highest BCUT2D eigenvalue weighted by Gasteiger charge is 2.09. The number of hydrogen-bond donors (Lipinski definition) is 1. The molecule has 3 rings (SSSR count). The third-order valence-corrected chi connectivity index (χ3v) is 2.48. The average Bonchev–Trinajstić information content (AvgIpc) is 2.82. The molecule has 1 N–H and O–H groups in total. The van der Waals surface area contributed by atoms with Crippen molar-refractivity contribution >= 4 is 11.6 Å². The van der Waals surface area contributed by atoms with Crippen molar-refractivity contribution in [1.29, 1.82) is 0 Å². The molecule has 0 bridgehead atoms. The number of carboxylic acid groups (broad SMARTS) is 1. The van der Waals surface area contributed by atoms with E-state index in [9.17, 15) is 4.79 Å². The van der Waals surface area contributed by atoms with Gasteiger partial charge in [-0.2, -0.15) is 0 Å². The minimum absolute atomic E-state index is 0.183. The molecular formula is C12H8N4O2. The molecule has 0 amide bonds. The zero-order valence-corrected chi connectivity index (χ0v) is 9.19. The molecule has 0 aliphatic carbocycles. The minimum Gasteiger partial charge on any atom is -0.478 e. The molecule has 88 valence electrons. The largest absolute Gasteiger partial charge is 0.478 e. The smallest absolute Gasteiger partial charge is 0.335 e. The van der Waals surface area contributed by atoms with Crippen LogP contribution in [0.3, 0.4) is 0 Å². The van der Waals surface area contributed by atoms with Crippen LogP contribution in [0.4, 0.5) is 0 Å². The van der Waals surface area contributed by atoms with E-state index in [1.807, 2.05) is 12.1 Å². The maximum Gasteiger partial charge on any atom is 0.335 e. The molecule has 3 aromatic rings. The molecular weight excluding hydrogens is 232 g/mol. The predicted molar refractivity (Wildman–Crippen MR) is 63.2 cm³/mol. The summed E-state index contributed by atoms with van der Waals surface area (Å²) in [5.41, 5.74) is 1.32. The van der Waals surface area contributed by atoms with Crippen molar-refractivity contribution in [3.05, 3.63) is 48.3 Å². The molecule has 6 heteroatoms. The zero-order valence-electron chi connectivity index (χ0n) is 9.19. The van der Waals surface area contributed by atoms with Gasteiger partial charge >= 0.3 is 5.97 Å². The molecule has 0 saturated carbocycles. The van der Waals surface area contributed by atoms with Crippen molar-refractivity contribution in [3.63, 3.8) is 0 Å². The van der Waals surface area contributed by atoms with E-state index in [0.717, 1.165) is 0 Å². The van der Waals surface area contributed by atoms with Crippen molar-refractivity contribution in [2.45, 2.75) is 0 Å². The Morgan fingerprint density at radius 3 is 2.89 bits per heavy atom. The van der Waals surface area contributed by atoms with E-state index in [2.05, 4.69) is 15.1 Å². The van der Waals surface area contributed by atoms with Gasteiger partial charge in [0.15, 0.2) is 5.65 Å². The van der Waals surface area contributed by atoms with Gasteiger partial charge in [-0.1, -0.05) is 6.07 Å². The summed E-state index contributed by atoms with van der Waals surface area (Å²) in [7, 11) is 0. The third kappa shape index (κ3) is 1.69. The van der Waals surface area contributed by atoms with Gasteiger partial charge in [0, 0.05) is 12.4 Å². The van der Waals surface area contributed by atoms with Crippen LogP contribution >= 0.6 is 0 Å². The van der Waals surface area contributed by atoms with Crippen molar-refractivity contribution in [2.75, 3.05) is 0 Å². The van der Waals surface area contributed by atoms with Gasteiger partial charge in [-0.3, -0.25) is 4.98 Å². The Kier molecular flexibility index (Phi) is 2.26. The van der Waals surface area contributed by atoms with E-state index in [1.54, 1.807) is 18.5 Å². The number of rotatable bonds is 2. The second kappa shape index (κ2) is 3.92. The first-order chi connectivity index (χ1) is 8.74. The molecule has 0 saturated heterocycles. The lowest BCUT2D eigenvalue weighted by Crippen LogP contribution is -1.97. The summed E-state index contributed by atoms with van der Waals surface area (Å²) < 4.78 is 1.52. The maximum absolute atomic E-state index is 10.9. The second-order valence-electron chi connectivity index (χ2n) is 3.67. The number of hydrogen-bond acceptors (Lipinski definition) is 4. The molecule has 18 heavy (non-hydrogen) atoms. The van der Waals surface area contributed by atoms with Gasteiger partial charge in [-0.05, 0) is 24.3 Å². The van der Waals surface area contributed by atoms with Crippen LogP contribution in [0.25, 0.3) is 17.2 Å². The lowest BCUT2D eigenvalue weighted by Gasteiger charge is -1.93. The van der Waals surface area contributed by atoms with Crippen LogP contribution in [0, 0.1) is 0 Å². The van der Waals surface area contributed by atoms with Crippen LogP contribution in [0.1, 0.15) is 10.4 Å². The molecule has 3 aromatic heterocycles. The summed E-state index contributed by atoms with van der Waals surface area (Å²) in [5, 5.41) is 13.1. The summed E-state index contributed by atoms with van der Waals surface area (Å²) >= 11 is 0. The van der Waals surface area contributed by atoms with Gasteiger partial charge < -0.3 is 5.11 Å². The monoisotopic (exact) mass is 240 g/mol. The van der Waals surface area contributed by atoms with E-state index in [-0.39, 0.29) is 5.56 Å². The first-order valence-electron chi connectivity index (χ1n) is 5.25. The van der Waals surface area contributed by atoms with Gasteiger partial charge in [-0.25, -0.2) is 14.3 Å². The Morgan fingerprint density at radius 2 is 2.17 bits per heavy atom. The number of nitrogens with zero attached hydrogens (tertiary/aromatic N) is 4. The van der Waals surface area contributed by atoms with Gasteiger partial charge in [0.25, 0.3) is 0 Å². The quantitative estimate of drug-likeness (QED) is 0.734. The van der Waals surface area contributed by atoms with Crippen molar-refractivity contribution in [1.82, 2.24) is 19.6 Å². The fraction of sp³-hybridized carbons (Fsp3) is 0. The van der Waals surface area contributed by atoms with Gasteiger partial charge in [-0.15, -0.1) is 5.10 Å². The van der Waals surface area contributed by atoms with Crippen molar-refractivity contribution in [3.8, 4) is 11.5 Å². The molecule has 0 spiro atoms. The average molecular weight is 240 g/mol. The first-order valence-corrected chi connectivity index (χ1v) is 5.25. The van der Waals surface area contributed by atoms with Crippen molar-refractivity contribution in [2.24, 2.45) is 0 Å². The number of aromatic carboxylic acids is 1. The minimum atomic E-state index is -0.986. The van der Waals surface area contributed by atoms with Crippen LogP contribution in [-0.2, 0) is 0 Å². The number of aromatic nitrogens is 4. The van der Waals surface area contributed by atoms with E-state index >= 15 is 0 Å². The molecule has 0 fully saturated rings. The Morgan fingerprint density at radius 1 is 1.28 bits per heavy atom. The molecule has 0 unspecified atom stereocenters. The summed E-state index contributed by atoms with van der Waals surface area (Å²) in [6.45, 7) is 0. The topological polar surface area (TPSA) is 80.4 Å². The SMILES string of the molecule is O=C(O)c1ccn2nc(-c3ccccn3)nc2c1. The number of fused-ring (bicyclic) bond motifs is 1. The Bertz CT molecular complexity index is 721. The standard InChI is InChI=1S/C12H8N4O2/c17-12(18)8-4-6-16-10(7-8)14-11(15-16)9-3-1-2-5-13-9/h1-7H,(H,17,18). The molecule has 3 heterocycles. The lowest BCUT2D eigenvalue weighted by atomic mass is 10.3. The van der Waals surface area contributed by atoms with Crippen LogP contribution in [-0.4, -0.2) is 30.7 Å². The number of carboxylic acids is 1. The third-order valence-electron chi connectivity index (χ3n) is 2.48. The van der Waals surface area contributed by atoms with E-state index in [4.69, 9.17) is 5.11 Å². The van der Waals surface area contributed by atoms with E-state index < -0.39 is 5.97 Å². The van der Waals surface area contributed by atoms with E-state index in [0.29, 0.717) is 17.2 Å². The lowest BCUT2D eigenvalue weighted by molar-refractivity contribution is 0.0697. The fourth-order valence-electron chi connectivity index (χ4n) is 1.62. The van der Waals surface area contributed by atoms with Gasteiger partial charge in [0.05, 0.1) is 5.56 Å². The molecule has 0 aliphatic rings. The number of pyridine rings is 2. The van der Waals surface area contributed by atoms with Crippen LogP contribution in [0.2, 0.25) is 0 Å². The fourth-order valence-corrected chi connectivity index (χ4v) is 1.62. The Balaban J connectivity index is 2.14. The second-order valence-corrected chi connectivity index (χ2v) is 3.67. The summed E-state index contributed by atoms with van der Waals surface area (Å²) in [6, 6.07) is 8.40. The Hall–Kier alpha value is -2.76. The Labute approximate surface area is 102 Å². The normalized spacial score (nSPS) is 10.7. The summed E-state index contributed by atoms with van der Waals surface area (Å²) in [5.74, 6) is -0.516. The highest BCUT2D eigenvalue weighted by Crippen LogP contribution is 2.13. The van der Waals surface area contributed by atoms with Crippen molar-refractivity contribution < 1.29 is 9.90 Å². The molecule has 0 aromatic carbocycles. The van der Waals surface area contributed by atoms with Gasteiger partial charge in [0.2, 0.25) is 5.82 Å². The maximum atomic E-state index is 10.9. The van der Waals surface area contributed by atoms with Crippen LogP contribution in [0.5, 0.6) is 0 Å². The zero-order chi connectivity index (χ0) is 12.5. The number of carbonyl (C=O) groups is 1. The highest BCUT2D eigenvalue weighted by atomic mass is 16.4. The van der Waals surface area contributed by atoms with Crippen LogP contribution < -0.4 is 0 Å².